The molecule has 2 aromatic carbocycles. The van der Waals surface area contributed by atoms with Gasteiger partial charge in [-0.1, -0.05) is 48.2 Å². The maximum absolute atomic E-state index is 12.6. The average Bonchev–Trinajstić information content (AvgIpc) is 2.70. The summed E-state index contributed by atoms with van der Waals surface area (Å²) < 4.78 is 0. The number of piperidine rings is 1. The Morgan fingerprint density at radius 1 is 0.897 bits per heavy atom. The fraction of sp³-hybridized carbons (Fsp3) is 0.318. The van der Waals surface area contributed by atoms with Crippen molar-refractivity contribution in [2.75, 3.05) is 20.1 Å². The predicted octanol–water partition coefficient (Wildman–Crippen LogP) is 3.55. The van der Waals surface area contributed by atoms with Gasteiger partial charge in [-0.05, 0) is 63.7 Å². The number of carbonyl (C=O) groups is 3. The van der Waals surface area contributed by atoms with Gasteiger partial charge in [0.25, 0.3) is 0 Å². The normalized spacial score (nSPS) is 15.7. The highest BCUT2D eigenvalue weighted by Crippen LogP contribution is 2.42. The molecule has 1 aliphatic heterocycles. The quantitative estimate of drug-likeness (QED) is 0.738. The van der Waals surface area contributed by atoms with Gasteiger partial charge in [-0.25, -0.2) is 9.59 Å². The Labute approximate surface area is 174 Å². The first-order chi connectivity index (χ1) is 13.8. The maximum atomic E-state index is 12.6. The lowest BCUT2D eigenvalue weighted by Crippen LogP contribution is -2.45. The summed E-state index contributed by atoms with van der Waals surface area (Å²) in [5.41, 5.74) is 0.875. The Kier molecular flexibility index (Phi) is 7.99. The number of carbonyl (C=O) groups excluding carboxylic acids is 1. The number of carboxylic acids is 2. The molecule has 7 heteroatoms. The number of nitrogens with zero attached hydrogens (tertiary/aromatic N) is 1. The molecule has 6 nitrogen and oxygen atoms in total. The highest BCUT2D eigenvalue weighted by molar-refractivity contribution is 7.99. The molecular weight excluding hydrogens is 390 g/mol. The smallest absolute Gasteiger partial charge is 0.414 e. The van der Waals surface area contributed by atoms with Gasteiger partial charge in [0.05, 0.1) is 5.41 Å². The minimum Gasteiger partial charge on any atom is -0.473 e. The van der Waals surface area contributed by atoms with Crippen LogP contribution in [0.1, 0.15) is 25.3 Å². The fourth-order valence-corrected chi connectivity index (χ4v) is 4.44. The molecule has 1 aliphatic rings. The van der Waals surface area contributed by atoms with Gasteiger partial charge in [0, 0.05) is 9.79 Å². The minimum atomic E-state index is -1.82. The zero-order valence-corrected chi connectivity index (χ0v) is 17.3. The van der Waals surface area contributed by atoms with Gasteiger partial charge in [-0.15, -0.1) is 0 Å². The highest BCUT2D eigenvalue weighted by atomic mass is 32.2. The average molecular weight is 416 g/mol. The van der Waals surface area contributed by atoms with Crippen LogP contribution in [0, 0.1) is 0 Å². The number of ketones is 1. The lowest BCUT2D eigenvalue weighted by atomic mass is 9.70. The van der Waals surface area contributed by atoms with Crippen molar-refractivity contribution in [3.63, 3.8) is 0 Å². The first-order valence-electron chi connectivity index (χ1n) is 9.24. The van der Waals surface area contributed by atoms with E-state index < -0.39 is 11.9 Å². The fourth-order valence-electron chi connectivity index (χ4n) is 3.38. The van der Waals surface area contributed by atoms with E-state index in [-0.39, 0.29) is 5.41 Å². The third-order valence-electron chi connectivity index (χ3n) is 5.07. The standard InChI is InChI=1S/C20H23NOS.C2H2O4/c1-16(22)20(12-14-21(2)15-13-20)18-10-6-7-11-19(18)23-17-8-4-3-5-9-17;3-1(4)2(5)6/h3-11H,12-15H2,1-2H3;(H,3,4)(H,5,6). The highest BCUT2D eigenvalue weighted by Gasteiger charge is 2.41. The maximum Gasteiger partial charge on any atom is 0.414 e. The molecule has 1 saturated heterocycles. The Balaban J connectivity index is 0.000000438. The van der Waals surface area contributed by atoms with Crippen molar-refractivity contribution in [1.82, 2.24) is 4.90 Å². The summed E-state index contributed by atoms with van der Waals surface area (Å²) in [4.78, 5) is 35.5. The zero-order valence-electron chi connectivity index (χ0n) is 16.5. The number of hydrogen-bond donors (Lipinski definition) is 2. The van der Waals surface area contributed by atoms with Gasteiger partial charge in [0.1, 0.15) is 5.78 Å². The van der Waals surface area contributed by atoms with Crippen molar-refractivity contribution in [3.8, 4) is 0 Å². The van der Waals surface area contributed by atoms with Crippen LogP contribution < -0.4 is 0 Å². The Morgan fingerprint density at radius 2 is 1.41 bits per heavy atom. The molecule has 0 atom stereocenters. The van der Waals surface area contributed by atoms with E-state index in [2.05, 4.69) is 60.5 Å². The summed E-state index contributed by atoms with van der Waals surface area (Å²) in [5.74, 6) is -3.35. The van der Waals surface area contributed by atoms with Gasteiger partial charge in [0.15, 0.2) is 0 Å². The second-order valence-corrected chi connectivity index (χ2v) is 8.08. The third-order valence-corrected chi connectivity index (χ3v) is 6.15. The van der Waals surface area contributed by atoms with E-state index in [4.69, 9.17) is 19.8 Å². The second-order valence-electron chi connectivity index (χ2n) is 6.96. The van der Waals surface area contributed by atoms with Crippen molar-refractivity contribution < 1.29 is 24.6 Å². The van der Waals surface area contributed by atoms with E-state index in [1.807, 2.05) is 6.07 Å². The van der Waals surface area contributed by atoms with Crippen LogP contribution in [-0.2, 0) is 19.8 Å². The summed E-state index contributed by atoms with van der Waals surface area (Å²) in [7, 11) is 2.13. The topological polar surface area (TPSA) is 94.9 Å². The molecule has 1 fully saturated rings. The zero-order chi connectivity index (χ0) is 21.4. The van der Waals surface area contributed by atoms with Gasteiger partial charge >= 0.3 is 11.9 Å². The van der Waals surface area contributed by atoms with Crippen molar-refractivity contribution in [3.05, 3.63) is 60.2 Å². The molecule has 3 rings (SSSR count). The predicted molar refractivity (Wildman–Crippen MR) is 111 cm³/mol. The lowest BCUT2D eigenvalue weighted by Gasteiger charge is -2.40. The second kappa shape index (κ2) is 10.2. The Hall–Kier alpha value is -2.64. The SMILES string of the molecule is CC(=O)C1(c2ccccc2Sc2ccccc2)CCN(C)CC1.O=C(O)C(=O)O. The molecule has 0 saturated carbocycles. The first-order valence-corrected chi connectivity index (χ1v) is 10.1. The van der Waals surface area contributed by atoms with Gasteiger partial charge in [0.2, 0.25) is 0 Å². The van der Waals surface area contributed by atoms with E-state index in [0.717, 1.165) is 25.9 Å². The van der Waals surface area contributed by atoms with E-state index >= 15 is 0 Å². The van der Waals surface area contributed by atoms with Crippen LogP contribution in [0.4, 0.5) is 0 Å². The van der Waals surface area contributed by atoms with Crippen LogP contribution in [0.2, 0.25) is 0 Å². The monoisotopic (exact) mass is 415 g/mol. The Bertz CT molecular complexity index is 849. The van der Waals surface area contributed by atoms with Crippen LogP contribution in [0.5, 0.6) is 0 Å². The number of aliphatic carboxylic acids is 2. The first kappa shape index (κ1) is 22.6. The molecule has 0 radical (unpaired) electrons. The van der Waals surface area contributed by atoms with Crippen molar-refractivity contribution in [2.24, 2.45) is 0 Å². The van der Waals surface area contributed by atoms with Crippen LogP contribution in [-0.4, -0.2) is 53.0 Å². The summed E-state index contributed by atoms with van der Waals surface area (Å²) >= 11 is 1.76. The molecule has 154 valence electrons. The van der Waals surface area contributed by atoms with Crippen LogP contribution >= 0.6 is 11.8 Å². The summed E-state index contributed by atoms with van der Waals surface area (Å²) in [6, 6.07) is 18.8. The largest absolute Gasteiger partial charge is 0.473 e. The summed E-state index contributed by atoms with van der Waals surface area (Å²) in [6.45, 7) is 3.71. The van der Waals surface area contributed by atoms with E-state index in [9.17, 15) is 4.79 Å². The molecule has 0 unspecified atom stereocenters. The van der Waals surface area contributed by atoms with Crippen molar-refractivity contribution >= 4 is 29.5 Å². The molecule has 0 spiro atoms. The number of Topliss-reactive ketones (excluding diaryl/α,β-unsaturated/α-hetero) is 1. The van der Waals surface area contributed by atoms with Crippen molar-refractivity contribution in [2.45, 2.75) is 35.0 Å². The number of rotatable bonds is 4. The minimum absolute atomic E-state index is 0.298. The summed E-state index contributed by atoms with van der Waals surface area (Å²) in [6.07, 6.45) is 1.82. The molecule has 2 N–H and O–H groups in total. The van der Waals surface area contributed by atoms with Gasteiger partial charge in [-0.2, -0.15) is 0 Å². The molecule has 29 heavy (non-hydrogen) atoms. The van der Waals surface area contributed by atoms with Gasteiger partial charge in [-0.3, -0.25) is 4.79 Å². The van der Waals surface area contributed by atoms with E-state index in [0.29, 0.717) is 5.78 Å². The molecule has 1 heterocycles. The van der Waals surface area contributed by atoms with Gasteiger partial charge < -0.3 is 15.1 Å². The van der Waals surface area contributed by atoms with E-state index in [1.54, 1.807) is 18.7 Å². The van der Waals surface area contributed by atoms with Crippen LogP contribution in [0.25, 0.3) is 0 Å². The third kappa shape index (κ3) is 5.92. The molecule has 0 amide bonds. The molecule has 0 bridgehead atoms. The van der Waals surface area contributed by atoms with E-state index in [1.165, 1.54) is 15.4 Å². The number of hydrogen-bond acceptors (Lipinski definition) is 5. The van der Waals surface area contributed by atoms with Crippen LogP contribution in [0.3, 0.4) is 0 Å². The lowest BCUT2D eigenvalue weighted by molar-refractivity contribution is -0.159. The molecular formula is C22H25NO5S. The number of likely N-dealkylation sites (tertiary alicyclic amines) is 1. The molecule has 2 aromatic rings. The molecule has 0 aromatic heterocycles. The summed E-state index contributed by atoms with van der Waals surface area (Å²) in [5, 5.41) is 14.8. The number of carboxylic acid groups (broad SMARTS) is 2. The van der Waals surface area contributed by atoms with Crippen LogP contribution in [0.15, 0.2) is 64.4 Å². The number of benzene rings is 2. The van der Waals surface area contributed by atoms with Crippen molar-refractivity contribution in [1.29, 1.82) is 0 Å². The Morgan fingerprint density at radius 3 is 1.93 bits per heavy atom. The molecule has 0 aliphatic carbocycles.